The first-order chi connectivity index (χ1) is 12.7. The Balaban J connectivity index is 1.98. The standard InChI is InChI=1S/C16H17N5O5S/c1-4-26-14(23)11-9-17-15(20(11)2)19-13(22)12-10-7-5-6-8-21(10)16(18-12)27(3,24)25/h5-9H,4H2,1-3H3,(H,17,19,22). The molecule has 142 valence electrons. The van der Waals surface area contributed by atoms with Crippen LogP contribution in [0.4, 0.5) is 5.95 Å². The van der Waals surface area contributed by atoms with Crippen LogP contribution in [0.15, 0.2) is 35.7 Å². The predicted molar refractivity (Wildman–Crippen MR) is 95.4 cm³/mol. The largest absolute Gasteiger partial charge is 0.461 e. The zero-order chi connectivity index (χ0) is 19.8. The number of nitrogens with zero attached hydrogens (tertiary/aromatic N) is 4. The number of anilines is 1. The number of rotatable bonds is 5. The minimum atomic E-state index is -3.65. The van der Waals surface area contributed by atoms with E-state index in [0.717, 1.165) is 6.26 Å². The summed E-state index contributed by atoms with van der Waals surface area (Å²) in [7, 11) is -2.10. The van der Waals surface area contributed by atoms with E-state index < -0.39 is 21.7 Å². The molecule has 3 rings (SSSR count). The van der Waals surface area contributed by atoms with E-state index in [1.54, 1.807) is 32.2 Å². The van der Waals surface area contributed by atoms with Crippen molar-refractivity contribution in [2.45, 2.75) is 12.1 Å². The lowest BCUT2D eigenvalue weighted by Crippen LogP contribution is -2.17. The van der Waals surface area contributed by atoms with Crippen molar-refractivity contribution in [2.75, 3.05) is 18.2 Å². The van der Waals surface area contributed by atoms with Gasteiger partial charge in [-0.2, -0.15) is 0 Å². The van der Waals surface area contributed by atoms with Gasteiger partial charge in [-0.3, -0.25) is 14.5 Å². The Hall–Kier alpha value is -3.21. The molecule has 11 heteroatoms. The van der Waals surface area contributed by atoms with Gasteiger partial charge >= 0.3 is 5.97 Å². The van der Waals surface area contributed by atoms with Crippen molar-refractivity contribution < 1.29 is 22.7 Å². The van der Waals surface area contributed by atoms with Crippen molar-refractivity contribution in [1.82, 2.24) is 18.9 Å². The molecular weight excluding hydrogens is 374 g/mol. The number of esters is 1. The van der Waals surface area contributed by atoms with Gasteiger partial charge in [0.25, 0.3) is 5.91 Å². The molecular formula is C16H17N5O5S. The average molecular weight is 391 g/mol. The molecule has 0 aliphatic rings. The van der Waals surface area contributed by atoms with Crippen molar-refractivity contribution in [3.05, 3.63) is 42.0 Å². The molecule has 0 spiro atoms. The van der Waals surface area contributed by atoms with Crippen molar-refractivity contribution >= 4 is 33.2 Å². The summed E-state index contributed by atoms with van der Waals surface area (Å²) in [5.41, 5.74) is 0.422. The average Bonchev–Trinajstić information content (AvgIpc) is 3.16. The number of carbonyl (C=O) groups is 2. The molecule has 0 saturated carbocycles. The highest BCUT2D eigenvalue weighted by atomic mass is 32.2. The van der Waals surface area contributed by atoms with Crippen molar-refractivity contribution in [2.24, 2.45) is 7.05 Å². The third-order valence-electron chi connectivity index (χ3n) is 3.76. The second-order valence-corrected chi connectivity index (χ2v) is 7.58. The van der Waals surface area contributed by atoms with Gasteiger partial charge in [-0.25, -0.2) is 23.2 Å². The molecule has 0 saturated heterocycles. The summed E-state index contributed by atoms with van der Waals surface area (Å²) in [6.07, 6.45) is 3.80. The summed E-state index contributed by atoms with van der Waals surface area (Å²) in [4.78, 5) is 32.5. The van der Waals surface area contributed by atoms with Crippen LogP contribution < -0.4 is 5.32 Å². The maximum absolute atomic E-state index is 12.7. The van der Waals surface area contributed by atoms with Gasteiger partial charge in [-0.05, 0) is 19.1 Å². The molecule has 1 amide bonds. The van der Waals surface area contributed by atoms with E-state index in [1.165, 1.54) is 21.4 Å². The monoisotopic (exact) mass is 391 g/mol. The number of aromatic nitrogens is 4. The third kappa shape index (κ3) is 3.40. The zero-order valence-electron chi connectivity index (χ0n) is 14.8. The molecule has 10 nitrogen and oxygen atoms in total. The molecule has 3 aromatic rings. The van der Waals surface area contributed by atoms with Crippen LogP contribution >= 0.6 is 0 Å². The van der Waals surface area contributed by atoms with Gasteiger partial charge in [0.05, 0.1) is 18.3 Å². The lowest BCUT2D eigenvalue weighted by atomic mass is 10.3. The second-order valence-electron chi connectivity index (χ2n) is 5.67. The minimum absolute atomic E-state index is 0.0725. The minimum Gasteiger partial charge on any atom is -0.461 e. The lowest BCUT2D eigenvalue weighted by Gasteiger charge is -2.06. The maximum atomic E-state index is 12.7. The van der Waals surface area contributed by atoms with Crippen LogP contribution in [0, 0.1) is 0 Å². The van der Waals surface area contributed by atoms with Crippen LogP contribution in [0.5, 0.6) is 0 Å². The number of sulfone groups is 1. The van der Waals surface area contributed by atoms with E-state index in [1.807, 2.05) is 0 Å². The molecule has 3 heterocycles. The Morgan fingerprint density at radius 3 is 2.70 bits per heavy atom. The Kier molecular flexibility index (Phi) is 4.70. The predicted octanol–water partition coefficient (Wildman–Crippen LogP) is 0.900. The Bertz CT molecular complexity index is 1150. The quantitative estimate of drug-likeness (QED) is 0.641. The number of fused-ring (bicyclic) bond motifs is 1. The zero-order valence-corrected chi connectivity index (χ0v) is 15.6. The fraction of sp³-hybridized carbons (Fsp3) is 0.250. The fourth-order valence-electron chi connectivity index (χ4n) is 2.52. The fourth-order valence-corrected chi connectivity index (χ4v) is 3.29. The Labute approximate surface area is 154 Å². The Morgan fingerprint density at radius 1 is 1.30 bits per heavy atom. The summed E-state index contributed by atoms with van der Waals surface area (Å²) in [6.45, 7) is 1.89. The first-order valence-corrected chi connectivity index (χ1v) is 9.80. The molecule has 0 radical (unpaired) electrons. The van der Waals surface area contributed by atoms with Crippen molar-refractivity contribution in [1.29, 1.82) is 0 Å². The normalized spacial score (nSPS) is 11.5. The molecule has 0 fully saturated rings. The van der Waals surface area contributed by atoms with Crippen molar-refractivity contribution in [3.63, 3.8) is 0 Å². The van der Waals surface area contributed by atoms with E-state index in [4.69, 9.17) is 4.74 Å². The van der Waals surface area contributed by atoms with Crippen molar-refractivity contribution in [3.8, 4) is 0 Å². The number of nitrogens with one attached hydrogen (secondary N) is 1. The van der Waals surface area contributed by atoms with E-state index >= 15 is 0 Å². The van der Waals surface area contributed by atoms with E-state index in [2.05, 4.69) is 15.3 Å². The van der Waals surface area contributed by atoms with E-state index in [-0.39, 0.29) is 29.1 Å². The summed E-state index contributed by atoms with van der Waals surface area (Å²) in [5, 5.41) is 2.29. The summed E-state index contributed by atoms with van der Waals surface area (Å²) < 4.78 is 31.5. The summed E-state index contributed by atoms with van der Waals surface area (Å²) in [6, 6.07) is 4.88. The van der Waals surface area contributed by atoms with Gasteiger partial charge in [0.15, 0.2) is 5.69 Å². The molecule has 0 atom stereocenters. The molecule has 0 aliphatic carbocycles. The third-order valence-corrected chi connectivity index (χ3v) is 4.71. The molecule has 1 N–H and O–H groups in total. The first-order valence-electron chi connectivity index (χ1n) is 7.91. The highest BCUT2D eigenvalue weighted by molar-refractivity contribution is 7.90. The molecule has 0 aliphatic heterocycles. The number of imidazole rings is 2. The number of carbonyl (C=O) groups excluding carboxylic acids is 2. The topological polar surface area (TPSA) is 125 Å². The van der Waals surface area contributed by atoms with Crippen LogP contribution in [0.2, 0.25) is 0 Å². The molecule has 0 unspecified atom stereocenters. The summed E-state index contributed by atoms with van der Waals surface area (Å²) in [5.74, 6) is -1.13. The summed E-state index contributed by atoms with van der Waals surface area (Å²) >= 11 is 0. The first kappa shape index (κ1) is 18.6. The highest BCUT2D eigenvalue weighted by Crippen LogP contribution is 2.18. The van der Waals surface area contributed by atoms with Crippen LogP contribution in [0.1, 0.15) is 27.9 Å². The molecule has 27 heavy (non-hydrogen) atoms. The molecule has 3 aromatic heterocycles. The van der Waals surface area contributed by atoms with Crippen LogP contribution in [0.3, 0.4) is 0 Å². The smallest absolute Gasteiger partial charge is 0.356 e. The number of hydrogen-bond donors (Lipinski definition) is 1. The van der Waals surface area contributed by atoms with E-state index in [0.29, 0.717) is 5.52 Å². The van der Waals surface area contributed by atoms with Gasteiger partial charge in [-0.15, -0.1) is 0 Å². The highest BCUT2D eigenvalue weighted by Gasteiger charge is 2.24. The lowest BCUT2D eigenvalue weighted by molar-refractivity contribution is 0.0515. The van der Waals surface area contributed by atoms with Gasteiger partial charge in [0, 0.05) is 19.5 Å². The van der Waals surface area contributed by atoms with Gasteiger partial charge in [-0.1, -0.05) is 6.07 Å². The van der Waals surface area contributed by atoms with Crippen LogP contribution in [-0.2, 0) is 21.6 Å². The Morgan fingerprint density at radius 2 is 2.04 bits per heavy atom. The molecule has 0 bridgehead atoms. The number of amides is 1. The van der Waals surface area contributed by atoms with Gasteiger partial charge < -0.3 is 9.30 Å². The van der Waals surface area contributed by atoms with E-state index in [9.17, 15) is 18.0 Å². The van der Waals surface area contributed by atoms with Crippen LogP contribution in [0.25, 0.3) is 5.52 Å². The SMILES string of the molecule is CCOC(=O)c1cnc(NC(=O)c2nc(S(C)(=O)=O)n3ccccc23)n1C. The van der Waals surface area contributed by atoms with Gasteiger partial charge in [0.2, 0.25) is 20.9 Å². The molecule has 0 aromatic carbocycles. The maximum Gasteiger partial charge on any atom is 0.356 e. The van der Waals surface area contributed by atoms with Gasteiger partial charge in [0.1, 0.15) is 5.69 Å². The number of ether oxygens (including phenoxy) is 1. The number of hydrogen-bond acceptors (Lipinski definition) is 7. The number of pyridine rings is 1. The van der Waals surface area contributed by atoms with Crippen LogP contribution in [-0.4, -0.2) is 52.1 Å². The second kappa shape index (κ2) is 6.83.